The third-order valence-electron chi connectivity index (χ3n) is 3.59. The highest BCUT2D eigenvalue weighted by Crippen LogP contribution is 2.31. The van der Waals surface area contributed by atoms with Gasteiger partial charge in [0.2, 0.25) is 0 Å². The molecule has 2 unspecified atom stereocenters. The highest BCUT2D eigenvalue weighted by atomic mass is 35.5. The van der Waals surface area contributed by atoms with Crippen LogP contribution < -0.4 is 5.23 Å². The highest BCUT2D eigenvalue weighted by Gasteiger charge is 2.23. The van der Waals surface area contributed by atoms with Crippen molar-refractivity contribution in [3.63, 3.8) is 0 Å². The molecule has 0 aromatic heterocycles. The Hall–Kier alpha value is -0.810. The number of halogens is 2. The predicted octanol–water partition coefficient (Wildman–Crippen LogP) is 4.16. The molecule has 4 nitrogen and oxygen atoms in total. The third kappa shape index (κ3) is 4.63. The second-order valence-electron chi connectivity index (χ2n) is 4.81. The molecule has 1 aromatic carbocycles. The second kappa shape index (κ2) is 7.84. The van der Waals surface area contributed by atoms with Gasteiger partial charge in [-0.15, -0.1) is 5.23 Å². The number of nitrogens with zero attached hydrogens (tertiary/aromatic N) is 1. The lowest BCUT2D eigenvalue weighted by molar-refractivity contribution is -0.118. The highest BCUT2D eigenvalue weighted by molar-refractivity contribution is 6.53. The summed E-state index contributed by atoms with van der Waals surface area (Å²) in [4.78, 5) is 10.7. The van der Waals surface area contributed by atoms with Gasteiger partial charge in [-0.25, -0.2) is 0 Å². The Morgan fingerprint density at radius 2 is 1.80 bits per heavy atom. The van der Waals surface area contributed by atoms with E-state index in [9.17, 15) is 4.79 Å². The Bertz CT molecular complexity index is 435. The maximum atomic E-state index is 11.7. The SMILES string of the molecule is CCC(CC(=O)C(Cl)Cl)C(C)c1ccc(N(O)O)cc1. The van der Waals surface area contributed by atoms with Gasteiger partial charge < -0.3 is 0 Å². The summed E-state index contributed by atoms with van der Waals surface area (Å²) in [7, 11) is 0. The third-order valence-corrected chi connectivity index (χ3v) is 4.07. The molecule has 1 rings (SSSR count). The Morgan fingerprint density at radius 3 is 2.20 bits per heavy atom. The fourth-order valence-corrected chi connectivity index (χ4v) is 2.38. The molecule has 0 spiro atoms. The van der Waals surface area contributed by atoms with Gasteiger partial charge in [0.05, 0.1) is 5.69 Å². The van der Waals surface area contributed by atoms with Crippen LogP contribution in [0.5, 0.6) is 0 Å². The van der Waals surface area contributed by atoms with Gasteiger partial charge in [0, 0.05) is 6.42 Å². The van der Waals surface area contributed by atoms with Crippen LogP contribution in [-0.2, 0) is 4.79 Å². The number of hydrogen-bond donors (Lipinski definition) is 2. The van der Waals surface area contributed by atoms with Crippen molar-refractivity contribution in [2.75, 3.05) is 5.23 Å². The minimum atomic E-state index is -0.976. The van der Waals surface area contributed by atoms with Crippen molar-refractivity contribution in [1.82, 2.24) is 0 Å². The van der Waals surface area contributed by atoms with Gasteiger partial charge in [0.25, 0.3) is 0 Å². The van der Waals surface area contributed by atoms with Crippen LogP contribution in [-0.4, -0.2) is 21.0 Å². The average molecular weight is 320 g/mol. The minimum Gasteiger partial charge on any atom is -0.297 e. The molecule has 0 bridgehead atoms. The number of carbonyl (C=O) groups excluding carboxylic acids is 1. The predicted molar refractivity (Wildman–Crippen MR) is 79.8 cm³/mol. The Morgan fingerprint density at radius 1 is 1.25 bits per heavy atom. The first kappa shape index (κ1) is 17.2. The summed E-state index contributed by atoms with van der Waals surface area (Å²) >= 11 is 11.2. The van der Waals surface area contributed by atoms with E-state index in [1.54, 1.807) is 12.1 Å². The number of anilines is 1. The number of alkyl halides is 2. The number of hydrogen-bond acceptors (Lipinski definition) is 4. The molecule has 0 saturated carbocycles. The molecule has 0 saturated heterocycles. The van der Waals surface area contributed by atoms with Gasteiger partial charge in [-0.3, -0.25) is 15.2 Å². The van der Waals surface area contributed by atoms with Gasteiger partial charge in [-0.2, -0.15) is 0 Å². The van der Waals surface area contributed by atoms with Crippen LogP contribution in [0.4, 0.5) is 5.69 Å². The molecule has 6 heteroatoms. The first-order valence-electron chi connectivity index (χ1n) is 6.45. The number of carbonyl (C=O) groups is 1. The van der Waals surface area contributed by atoms with Crippen LogP contribution in [0, 0.1) is 5.92 Å². The minimum absolute atomic E-state index is 0.0703. The van der Waals surface area contributed by atoms with Crippen molar-refractivity contribution in [3.05, 3.63) is 29.8 Å². The monoisotopic (exact) mass is 319 g/mol. The van der Waals surface area contributed by atoms with Gasteiger partial charge in [-0.1, -0.05) is 55.6 Å². The standard InChI is InChI=1S/C14H19Cl2NO3/c1-3-10(8-13(18)14(15)16)9(2)11-4-6-12(7-5-11)17(19)20/h4-7,9-10,14,19-20H,3,8H2,1-2H3. The molecule has 20 heavy (non-hydrogen) atoms. The van der Waals surface area contributed by atoms with Crippen molar-refractivity contribution >= 4 is 34.7 Å². The summed E-state index contributed by atoms with van der Waals surface area (Å²) < 4.78 is 0. The van der Waals surface area contributed by atoms with E-state index < -0.39 is 4.84 Å². The number of rotatable bonds is 7. The number of benzene rings is 1. The fourth-order valence-electron chi connectivity index (χ4n) is 2.21. The lowest BCUT2D eigenvalue weighted by Gasteiger charge is -2.23. The van der Waals surface area contributed by atoms with Crippen LogP contribution in [0.3, 0.4) is 0 Å². The van der Waals surface area contributed by atoms with Gasteiger partial charge in [0.1, 0.15) is 0 Å². The molecule has 112 valence electrons. The number of Topliss-reactive ketones (excluding diaryl/α,β-unsaturated/α-hetero) is 1. The normalized spacial score (nSPS) is 14.2. The van der Waals surface area contributed by atoms with Crippen LogP contribution >= 0.6 is 23.2 Å². The summed E-state index contributed by atoms with van der Waals surface area (Å²) in [6, 6.07) is 6.83. The number of ketones is 1. The van der Waals surface area contributed by atoms with Gasteiger partial charge in [0.15, 0.2) is 10.6 Å². The van der Waals surface area contributed by atoms with Crippen LogP contribution in [0.15, 0.2) is 24.3 Å². The molecule has 0 heterocycles. The molecule has 0 amide bonds. The van der Waals surface area contributed by atoms with Crippen molar-refractivity contribution in [3.8, 4) is 0 Å². The molecular formula is C14H19Cl2NO3. The lowest BCUT2D eigenvalue weighted by atomic mass is 9.83. The summed E-state index contributed by atoms with van der Waals surface area (Å²) in [5.74, 6) is 0.129. The molecule has 2 N–H and O–H groups in total. The van der Waals surface area contributed by atoms with Crippen LogP contribution in [0.25, 0.3) is 0 Å². The van der Waals surface area contributed by atoms with Gasteiger partial charge >= 0.3 is 0 Å². The summed E-state index contributed by atoms with van der Waals surface area (Å²) in [5.41, 5.74) is 1.31. The van der Waals surface area contributed by atoms with E-state index in [-0.39, 0.29) is 28.5 Å². The molecule has 2 atom stereocenters. The quantitative estimate of drug-likeness (QED) is 0.585. The second-order valence-corrected chi connectivity index (χ2v) is 5.91. The topological polar surface area (TPSA) is 60.8 Å². The Balaban J connectivity index is 2.80. The van der Waals surface area contributed by atoms with Crippen molar-refractivity contribution in [1.29, 1.82) is 0 Å². The van der Waals surface area contributed by atoms with E-state index in [0.717, 1.165) is 12.0 Å². The maximum Gasteiger partial charge on any atom is 0.165 e. The summed E-state index contributed by atoms with van der Waals surface area (Å²) in [6.07, 6.45) is 1.17. The zero-order valence-corrected chi connectivity index (χ0v) is 13.0. The molecule has 0 aliphatic heterocycles. The van der Waals surface area contributed by atoms with Crippen molar-refractivity contribution < 1.29 is 15.2 Å². The lowest BCUT2D eigenvalue weighted by Crippen LogP contribution is -2.18. The molecule has 0 aliphatic rings. The zero-order valence-electron chi connectivity index (χ0n) is 11.5. The van der Waals surface area contributed by atoms with Gasteiger partial charge in [-0.05, 0) is 29.5 Å². The zero-order chi connectivity index (χ0) is 15.3. The molecular weight excluding hydrogens is 301 g/mol. The first-order chi connectivity index (χ1) is 9.36. The summed E-state index contributed by atoms with van der Waals surface area (Å²) in [6.45, 7) is 4.05. The van der Waals surface area contributed by atoms with Crippen molar-refractivity contribution in [2.45, 2.75) is 37.4 Å². The molecule has 0 aliphatic carbocycles. The molecule has 0 fully saturated rings. The van der Waals surface area contributed by atoms with E-state index in [1.165, 1.54) is 0 Å². The fraction of sp³-hybridized carbons (Fsp3) is 0.500. The maximum absolute atomic E-state index is 11.7. The average Bonchev–Trinajstić information content (AvgIpc) is 2.43. The summed E-state index contributed by atoms with van der Waals surface area (Å²) in [5, 5.41) is 17.9. The van der Waals surface area contributed by atoms with E-state index in [4.69, 9.17) is 33.6 Å². The smallest absolute Gasteiger partial charge is 0.165 e. The molecule has 0 radical (unpaired) electrons. The Kier molecular flexibility index (Phi) is 6.76. The van der Waals surface area contributed by atoms with E-state index >= 15 is 0 Å². The van der Waals surface area contributed by atoms with E-state index in [2.05, 4.69) is 0 Å². The van der Waals surface area contributed by atoms with E-state index in [1.807, 2.05) is 26.0 Å². The van der Waals surface area contributed by atoms with Crippen LogP contribution in [0.2, 0.25) is 0 Å². The largest absolute Gasteiger partial charge is 0.297 e. The Labute approximate surface area is 128 Å². The van der Waals surface area contributed by atoms with Crippen LogP contribution in [0.1, 0.15) is 38.2 Å². The van der Waals surface area contributed by atoms with Crippen molar-refractivity contribution in [2.24, 2.45) is 5.92 Å². The first-order valence-corrected chi connectivity index (χ1v) is 7.32. The van der Waals surface area contributed by atoms with E-state index in [0.29, 0.717) is 6.42 Å². The molecule has 1 aromatic rings.